The first-order valence-corrected chi connectivity index (χ1v) is 11.4. The molecule has 0 aliphatic rings. The Morgan fingerprint density at radius 2 is 0.886 bits per heavy atom. The van der Waals surface area contributed by atoms with E-state index in [9.17, 15) is 35.9 Å². The number of benzene rings is 2. The zero-order valence-corrected chi connectivity index (χ0v) is 30.5. The van der Waals surface area contributed by atoms with Crippen LogP contribution in [0.2, 0.25) is 0 Å². The van der Waals surface area contributed by atoms with Crippen molar-refractivity contribution in [3.05, 3.63) is 34.9 Å². The van der Waals surface area contributed by atoms with Gasteiger partial charge >= 0.3 is 127 Å². The number of ether oxygens (including phenoxy) is 2. The minimum atomic E-state index is -4.12. The second-order valence-corrected chi connectivity index (χ2v) is 7.83. The predicted octanol–water partition coefficient (Wildman–Crippen LogP) is -5.24. The Bertz CT molecular complexity index is 1500. The van der Waals surface area contributed by atoms with E-state index in [0.717, 1.165) is 29.8 Å². The summed E-state index contributed by atoms with van der Waals surface area (Å²) in [5.41, 5.74) is -3.63. The Kier molecular flexibility index (Phi) is 21.5. The van der Waals surface area contributed by atoms with Gasteiger partial charge in [0.1, 0.15) is 23.3 Å². The molecule has 10 nitrogen and oxygen atoms in total. The normalized spacial score (nSPS) is 9.45. The molecule has 0 bridgehead atoms. The zero-order valence-electron chi connectivity index (χ0n) is 24.2. The first kappa shape index (κ1) is 46.0. The summed E-state index contributed by atoms with van der Waals surface area (Å²) < 4.78 is 96.8. The fourth-order valence-electron chi connectivity index (χ4n) is 3.29. The number of nitriles is 5. The summed E-state index contributed by atoms with van der Waals surface area (Å²) in [5, 5.41) is 48.3. The van der Waals surface area contributed by atoms with E-state index in [1.54, 1.807) is 13.8 Å². The Morgan fingerprint density at radius 1 is 0.614 bits per heavy atom. The molecular weight excluding hydrogens is 650 g/mol. The summed E-state index contributed by atoms with van der Waals surface area (Å²) in [6.45, 7) is 7.31. The molecule has 20 heteroatoms. The average molecular weight is 667 g/mol. The van der Waals surface area contributed by atoms with E-state index in [1.807, 2.05) is 0 Å². The first-order valence-electron chi connectivity index (χ1n) is 11.4. The summed E-state index contributed by atoms with van der Waals surface area (Å²) in [5.74, 6) is -8.31. The largest absolute Gasteiger partial charge is 1.00 e. The van der Waals surface area contributed by atoms with Gasteiger partial charge in [-0.2, -0.15) is 0 Å². The predicted molar refractivity (Wildman–Crippen MR) is 132 cm³/mol. The molecular formula is C24H17B2F6K2N6O4+. The van der Waals surface area contributed by atoms with E-state index >= 15 is 0 Å². The monoisotopic (exact) mass is 667 g/mol. The van der Waals surface area contributed by atoms with E-state index in [-0.39, 0.29) is 115 Å². The van der Waals surface area contributed by atoms with Gasteiger partial charge in [-0.15, -0.1) is 35.1 Å². The van der Waals surface area contributed by atoms with E-state index in [4.69, 9.17) is 31.6 Å². The van der Waals surface area contributed by atoms with Crippen molar-refractivity contribution in [2.45, 2.75) is 27.7 Å². The Balaban J connectivity index is -0.00000102. The SMILES string of the molecule is CCOC(C)=O.CCOC(C)=O.N#C[B-](C#N)(C#N)c1c(F)c(F)c2c(F)c([B-](C#N)(C#N)C#[NH+])c(F)c(F)c2c1F.[K+].[K+]. The number of carbonyl (C=O) groups is 2. The molecule has 0 heterocycles. The van der Waals surface area contributed by atoms with Gasteiger partial charge in [-0.3, -0.25) is 9.59 Å². The third-order valence-electron chi connectivity index (χ3n) is 5.21. The molecule has 216 valence electrons. The molecule has 1 N–H and O–H groups in total. The summed E-state index contributed by atoms with van der Waals surface area (Å²) in [6, 6.07) is 0. The molecule has 0 atom stereocenters. The smallest absolute Gasteiger partial charge is 0.466 e. The Morgan fingerprint density at radius 3 is 1.07 bits per heavy atom. The summed E-state index contributed by atoms with van der Waals surface area (Å²) in [7, 11) is 0. The van der Waals surface area contributed by atoms with Crippen molar-refractivity contribution in [1.82, 2.24) is 0 Å². The Hall–Kier alpha value is -2.44. The summed E-state index contributed by atoms with van der Waals surface area (Å²) in [6.07, 6.45) is -8.15. The van der Waals surface area contributed by atoms with Gasteiger partial charge in [0, 0.05) is 13.8 Å². The topological polar surface area (TPSA) is 195 Å². The molecule has 0 aliphatic carbocycles. The fourth-order valence-corrected chi connectivity index (χ4v) is 3.29. The van der Waals surface area contributed by atoms with Gasteiger partial charge in [0.25, 0.3) is 0 Å². The molecule has 0 radical (unpaired) electrons. The molecule has 2 aromatic carbocycles. The molecule has 0 aromatic heterocycles. The van der Waals surface area contributed by atoms with Crippen molar-refractivity contribution in [3.8, 4) is 35.8 Å². The van der Waals surface area contributed by atoms with Gasteiger partial charge in [-0.25, -0.2) is 52.7 Å². The summed E-state index contributed by atoms with van der Waals surface area (Å²) in [4.78, 5) is 19.6. The van der Waals surface area contributed by atoms with Gasteiger partial charge in [0.05, 0.1) is 30.0 Å². The van der Waals surface area contributed by atoms with Crippen LogP contribution >= 0.6 is 0 Å². The number of hydrogen-bond acceptors (Lipinski definition) is 9. The van der Waals surface area contributed by atoms with Crippen LogP contribution in [0.15, 0.2) is 0 Å². The molecule has 0 fully saturated rings. The molecule has 2 rings (SSSR count). The maximum absolute atomic E-state index is 14.9. The minimum absolute atomic E-state index is 0. The second-order valence-electron chi connectivity index (χ2n) is 7.83. The van der Waals surface area contributed by atoms with Gasteiger partial charge in [0.2, 0.25) is 0 Å². The number of halogens is 6. The van der Waals surface area contributed by atoms with E-state index < -0.39 is 68.9 Å². The fraction of sp³-hybridized carbons (Fsp3) is 0.250. The first-order chi connectivity index (χ1) is 19.6. The quantitative estimate of drug-likeness (QED) is 0.144. The average Bonchev–Trinajstić information content (AvgIpc) is 2.95. The molecule has 0 unspecified atom stereocenters. The van der Waals surface area contributed by atoms with E-state index in [2.05, 4.69) is 9.47 Å². The van der Waals surface area contributed by atoms with Gasteiger partial charge in [-0.1, -0.05) is 10.9 Å². The molecule has 2 aromatic rings. The maximum atomic E-state index is 14.9. The minimum Gasteiger partial charge on any atom is -0.466 e. The molecule has 44 heavy (non-hydrogen) atoms. The van der Waals surface area contributed by atoms with Crippen LogP contribution < -0.4 is 119 Å². The maximum Gasteiger partial charge on any atom is 1.00 e. The Labute approximate surface area is 332 Å². The van der Waals surface area contributed by atoms with Crippen LogP contribution in [0.4, 0.5) is 26.3 Å². The van der Waals surface area contributed by atoms with Crippen molar-refractivity contribution in [3.63, 3.8) is 0 Å². The number of carbonyl (C=O) groups excluding carboxylic acids is 2. The van der Waals surface area contributed by atoms with Crippen LogP contribution in [0.5, 0.6) is 0 Å². The van der Waals surface area contributed by atoms with Crippen LogP contribution in [0.1, 0.15) is 27.7 Å². The summed E-state index contributed by atoms with van der Waals surface area (Å²) >= 11 is 0. The number of hydrogen-bond donors (Lipinski definition) is 1. The number of nitrogens with zero attached hydrogens (tertiary/aromatic N) is 5. The zero-order chi connectivity index (χ0) is 33.0. The number of nitrogens with one attached hydrogen (secondary N) is 1. The van der Waals surface area contributed by atoms with E-state index in [1.165, 1.54) is 19.8 Å². The van der Waals surface area contributed by atoms with Crippen LogP contribution in [-0.4, -0.2) is 37.4 Å². The third-order valence-corrected chi connectivity index (χ3v) is 5.21. The van der Waals surface area contributed by atoms with Crippen molar-refractivity contribution in [1.29, 1.82) is 26.3 Å². The van der Waals surface area contributed by atoms with Crippen molar-refractivity contribution in [2.75, 3.05) is 13.2 Å². The van der Waals surface area contributed by atoms with Crippen molar-refractivity contribution in [2.24, 2.45) is 0 Å². The van der Waals surface area contributed by atoms with Crippen molar-refractivity contribution < 1.29 is 153 Å². The second kappa shape index (κ2) is 20.6. The molecule has 0 spiro atoms. The number of rotatable bonds is 4. The van der Waals surface area contributed by atoms with Crippen LogP contribution in [0, 0.1) is 97.0 Å². The molecule has 0 amide bonds. The molecule has 0 saturated heterocycles. The third kappa shape index (κ3) is 9.78. The number of esters is 2. The van der Waals surface area contributed by atoms with Gasteiger partial charge in [0.15, 0.2) is 11.6 Å². The molecule has 0 aliphatic heterocycles. The van der Waals surface area contributed by atoms with Crippen LogP contribution in [0.3, 0.4) is 0 Å². The number of fused-ring (bicyclic) bond motifs is 1. The van der Waals surface area contributed by atoms with Crippen LogP contribution in [-0.2, 0) is 19.1 Å². The molecule has 0 saturated carbocycles. The van der Waals surface area contributed by atoms with Crippen molar-refractivity contribution >= 4 is 45.9 Å². The van der Waals surface area contributed by atoms with Gasteiger partial charge < -0.3 is 9.47 Å². The van der Waals surface area contributed by atoms with E-state index in [0.29, 0.717) is 13.2 Å². The standard InChI is InChI=1S/C16B2F6N6.2C4H8O2.2K/c19-11-7-8(13(21)15(23)9(11)17(1-25,2-26)3-27)12(20)10(16(24)14(7)22)18(4-28,5-29)6-30;2*1-3-6-4(2)5;;/h;2*3H2,1-2H3;;/q-2;;;2*+1/p+1. The van der Waals surface area contributed by atoms with Gasteiger partial charge in [-0.05, 0) is 13.8 Å². The van der Waals surface area contributed by atoms with Crippen LogP contribution in [0.25, 0.3) is 10.8 Å².